The second kappa shape index (κ2) is 11.0. The molecular formula is C26H28N2O3S2. The van der Waals surface area contributed by atoms with Crippen LogP contribution >= 0.6 is 23.1 Å². The molecule has 0 saturated carbocycles. The van der Waals surface area contributed by atoms with E-state index in [2.05, 4.69) is 35.8 Å². The van der Waals surface area contributed by atoms with E-state index in [0.29, 0.717) is 25.3 Å². The number of hydrogen-bond donors (Lipinski definition) is 1. The van der Waals surface area contributed by atoms with Gasteiger partial charge in [0.05, 0.1) is 18.6 Å². The summed E-state index contributed by atoms with van der Waals surface area (Å²) in [6.45, 7) is 1.38. The summed E-state index contributed by atoms with van der Waals surface area (Å²) in [7, 11) is 1.62. The van der Waals surface area contributed by atoms with E-state index in [9.17, 15) is 9.59 Å². The van der Waals surface area contributed by atoms with Crippen LogP contribution in [0, 0.1) is 0 Å². The molecule has 172 valence electrons. The molecule has 5 nitrogen and oxygen atoms in total. The van der Waals surface area contributed by atoms with Crippen LogP contribution in [0.2, 0.25) is 0 Å². The van der Waals surface area contributed by atoms with Crippen molar-refractivity contribution in [2.45, 2.75) is 23.3 Å². The van der Waals surface area contributed by atoms with Crippen molar-refractivity contribution in [1.29, 1.82) is 0 Å². The van der Waals surface area contributed by atoms with Gasteiger partial charge in [0.15, 0.2) is 0 Å². The van der Waals surface area contributed by atoms with Crippen LogP contribution in [0.4, 0.5) is 0 Å². The van der Waals surface area contributed by atoms with Crippen LogP contribution in [0.3, 0.4) is 0 Å². The second-order valence-electron chi connectivity index (χ2n) is 7.91. The van der Waals surface area contributed by atoms with E-state index < -0.39 is 5.92 Å². The molecule has 3 aromatic rings. The molecule has 0 aliphatic carbocycles. The number of thiophene rings is 1. The highest BCUT2D eigenvalue weighted by atomic mass is 32.2. The van der Waals surface area contributed by atoms with Gasteiger partial charge >= 0.3 is 0 Å². The number of benzene rings is 2. The van der Waals surface area contributed by atoms with Crippen LogP contribution in [-0.4, -0.2) is 49.8 Å². The smallest absolute Gasteiger partial charge is 0.254 e. The number of nitrogens with zero attached hydrogens (tertiary/aromatic N) is 1. The van der Waals surface area contributed by atoms with Crippen LogP contribution in [0.5, 0.6) is 0 Å². The second-order valence-corrected chi connectivity index (χ2v) is 9.76. The topological polar surface area (TPSA) is 58.6 Å². The van der Waals surface area contributed by atoms with E-state index in [1.54, 1.807) is 35.1 Å². The molecule has 7 heteroatoms. The molecule has 33 heavy (non-hydrogen) atoms. The molecule has 2 heterocycles. The van der Waals surface area contributed by atoms with E-state index in [4.69, 9.17) is 4.74 Å². The molecule has 0 unspecified atom stereocenters. The average Bonchev–Trinajstić information content (AvgIpc) is 3.38. The van der Waals surface area contributed by atoms with E-state index in [0.717, 1.165) is 16.9 Å². The zero-order valence-electron chi connectivity index (χ0n) is 18.8. The first-order valence-electron chi connectivity index (χ1n) is 11.0. The Kier molecular flexibility index (Phi) is 7.85. The van der Waals surface area contributed by atoms with Crippen LogP contribution in [0.1, 0.15) is 38.3 Å². The van der Waals surface area contributed by atoms with Gasteiger partial charge in [-0.2, -0.15) is 0 Å². The van der Waals surface area contributed by atoms with E-state index in [1.807, 2.05) is 41.8 Å². The predicted molar refractivity (Wildman–Crippen MR) is 134 cm³/mol. The number of carbonyl (C=O) groups excluding carboxylic acids is 2. The normalized spacial score (nSPS) is 17.6. The molecule has 0 radical (unpaired) electrons. The molecule has 1 aromatic heterocycles. The van der Waals surface area contributed by atoms with Gasteiger partial charge in [-0.05, 0) is 53.4 Å². The maximum Gasteiger partial charge on any atom is 0.254 e. The molecule has 1 aliphatic heterocycles. The number of fused-ring (bicyclic) bond motifs is 1. The zero-order valence-corrected chi connectivity index (χ0v) is 20.5. The monoisotopic (exact) mass is 480 g/mol. The highest BCUT2D eigenvalue weighted by molar-refractivity contribution is 7.98. The number of rotatable bonds is 9. The van der Waals surface area contributed by atoms with Crippen LogP contribution in [0.15, 0.2) is 70.9 Å². The Morgan fingerprint density at radius 2 is 1.91 bits per heavy atom. The lowest BCUT2D eigenvalue weighted by Gasteiger charge is -2.41. The first-order valence-corrected chi connectivity index (χ1v) is 13.1. The molecule has 1 aliphatic rings. The third kappa shape index (κ3) is 5.16. The number of hydrogen-bond acceptors (Lipinski definition) is 5. The highest BCUT2D eigenvalue weighted by Crippen LogP contribution is 2.44. The molecular weight excluding hydrogens is 452 g/mol. The summed E-state index contributed by atoms with van der Waals surface area (Å²) in [5.41, 5.74) is 2.56. The molecule has 2 amide bonds. The minimum Gasteiger partial charge on any atom is -0.383 e. The van der Waals surface area contributed by atoms with Crippen LogP contribution < -0.4 is 5.32 Å². The van der Waals surface area contributed by atoms with E-state index in [1.165, 1.54) is 10.5 Å². The zero-order chi connectivity index (χ0) is 23.2. The molecule has 0 saturated heterocycles. The number of thioether (sulfide) groups is 1. The quantitative estimate of drug-likeness (QED) is 0.449. The average molecular weight is 481 g/mol. The van der Waals surface area contributed by atoms with Crippen molar-refractivity contribution >= 4 is 34.9 Å². The summed E-state index contributed by atoms with van der Waals surface area (Å²) in [5, 5.41) is 5.13. The first-order chi connectivity index (χ1) is 16.1. The Morgan fingerprint density at radius 1 is 1.12 bits per heavy atom. The van der Waals surface area contributed by atoms with Crippen LogP contribution in [0.25, 0.3) is 0 Å². The molecule has 1 N–H and O–H groups in total. The van der Waals surface area contributed by atoms with Crippen molar-refractivity contribution in [1.82, 2.24) is 10.2 Å². The van der Waals surface area contributed by atoms with Gasteiger partial charge in [0.25, 0.3) is 5.91 Å². The van der Waals surface area contributed by atoms with E-state index in [-0.39, 0.29) is 17.9 Å². The summed E-state index contributed by atoms with van der Waals surface area (Å²) >= 11 is 3.29. The van der Waals surface area contributed by atoms with Gasteiger partial charge in [-0.3, -0.25) is 9.59 Å². The molecule has 0 bridgehead atoms. The summed E-state index contributed by atoms with van der Waals surface area (Å²) in [4.78, 5) is 31.0. The molecule has 2 atom stereocenters. The third-order valence-electron chi connectivity index (χ3n) is 5.96. The largest absolute Gasteiger partial charge is 0.383 e. The lowest BCUT2D eigenvalue weighted by molar-refractivity contribution is -0.124. The molecule has 0 spiro atoms. The van der Waals surface area contributed by atoms with Crippen molar-refractivity contribution in [3.8, 4) is 0 Å². The van der Waals surface area contributed by atoms with Crippen molar-refractivity contribution in [3.05, 3.63) is 87.6 Å². The first kappa shape index (κ1) is 23.5. The fourth-order valence-corrected chi connectivity index (χ4v) is 5.60. The van der Waals surface area contributed by atoms with Gasteiger partial charge in [-0.1, -0.05) is 36.4 Å². The van der Waals surface area contributed by atoms with Gasteiger partial charge in [-0.15, -0.1) is 23.1 Å². The fourth-order valence-electron chi connectivity index (χ4n) is 4.32. The lowest BCUT2D eigenvalue weighted by atomic mass is 9.81. The van der Waals surface area contributed by atoms with Gasteiger partial charge in [-0.25, -0.2) is 0 Å². The highest BCUT2D eigenvalue weighted by Gasteiger charge is 2.44. The molecule has 2 aromatic carbocycles. The van der Waals surface area contributed by atoms with Gasteiger partial charge in [0, 0.05) is 35.5 Å². The standard InChI is InChI=1S/C26H28N2O3S2/c1-31-16-15-28-24(22-8-5-17-33-22)23(20-6-3-4-7-21(20)26(28)30)25(29)27-14-13-18-9-11-19(32-2)12-10-18/h3-12,17,23-24H,13-16H2,1-2H3,(H,27,29)/t23-,24-/m0/s1. The summed E-state index contributed by atoms with van der Waals surface area (Å²) in [5.74, 6) is -0.594. The van der Waals surface area contributed by atoms with Crippen molar-refractivity contribution in [2.75, 3.05) is 33.1 Å². The predicted octanol–water partition coefficient (Wildman–Crippen LogP) is 4.76. The molecule has 0 fully saturated rings. The fraction of sp³-hybridized carbons (Fsp3) is 0.308. The van der Waals surface area contributed by atoms with Crippen molar-refractivity contribution in [2.24, 2.45) is 0 Å². The van der Waals surface area contributed by atoms with Gasteiger partial charge < -0.3 is 15.0 Å². The lowest BCUT2D eigenvalue weighted by Crippen LogP contribution is -2.48. The molecule has 4 rings (SSSR count). The van der Waals surface area contributed by atoms with Gasteiger partial charge in [0.1, 0.15) is 0 Å². The van der Waals surface area contributed by atoms with Crippen molar-refractivity contribution < 1.29 is 14.3 Å². The Morgan fingerprint density at radius 3 is 2.61 bits per heavy atom. The Labute approximate surface area is 203 Å². The maximum atomic E-state index is 13.6. The number of ether oxygens (including phenoxy) is 1. The number of amides is 2. The minimum atomic E-state index is -0.478. The SMILES string of the molecule is COCCN1C(=O)c2ccccc2[C@H](C(=O)NCCc2ccc(SC)cc2)[C@@H]1c1cccs1. The Bertz CT molecular complexity index is 1080. The Hall–Kier alpha value is -2.61. The van der Waals surface area contributed by atoms with Gasteiger partial charge in [0.2, 0.25) is 5.91 Å². The number of methoxy groups -OCH3 is 1. The maximum absolute atomic E-state index is 13.6. The Balaban J connectivity index is 1.60. The minimum absolute atomic E-state index is 0.0565. The summed E-state index contributed by atoms with van der Waals surface area (Å²) < 4.78 is 5.28. The summed E-state index contributed by atoms with van der Waals surface area (Å²) in [6, 6.07) is 19.5. The number of nitrogens with one attached hydrogen (secondary N) is 1. The third-order valence-corrected chi connectivity index (χ3v) is 7.65. The summed E-state index contributed by atoms with van der Waals surface area (Å²) in [6.07, 6.45) is 2.81. The number of carbonyl (C=O) groups is 2. The van der Waals surface area contributed by atoms with Crippen LogP contribution in [-0.2, 0) is 16.0 Å². The van der Waals surface area contributed by atoms with E-state index >= 15 is 0 Å². The van der Waals surface area contributed by atoms with Crippen molar-refractivity contribution in [3.63, 3.8) is 0 Å².